The van der Waals surface area contributed by atoms with E-state index in [0.717, 1.165) is 5.75 Å². The Labute approximate surface area is 102 Å². The van der Waals surface area contributed by atoms with Crippen molar-refractivity contribution in [3.63, 3.8) is 0 Å². The van der Waals surface area contributed by atoms with Crippen LogP contribution in [0.15, 0.2) is 36.4 Å². The van der Waals surface area contributed by atoms with Crippen molar-refractivity contribution in [3.8, 4) is 5.75 Å². The van der Waals surface area contributed by atoms with E-state index in [2.05, 4.69) is 34.7 Å². The average Bonchev–Trinajstić information content (AvgIpc) is 2.26. The summed E-state index contributed by atoms with van der Waals surface area (Å²) in [5.74, 6) is 0.847. The third-order valence-corrected chi connectivity index (χ3v) is 3.02. The Bertz CT molecular complexity index is 468. The van der Waals surface area contributed by atoms with Gasteiger partial charge >= 0.3 is 0 Å². The summed E-state index contributed by atoms with van der Waals surface area (Å²) in [6.45, 7) is 0.286. The molecule has 0 saturated heterocycles. The second-order valence-corrected chi connectivity index (χ2v) is 4.34. The zero-order valence-corrected chi connectivity index (χ0v) is 10.5. The topological polar surface area (TPSA) is 18.5 Å². The Kier molecular flexibility index (Phi) is 3.43. The van der Waals surface area contributed by atoms with Gasteiger partial charge in [0.05, 0.1) is 0 Å². The summed E-state index contributed by atoms with van der Waals surface area (Å²) in [4.78, 5) is 0. The summed E-state index contributed by atoms with van der Waals surface area (Å²) in [6.07, 6.45) is 0. The maximum atomic E-state index is 5.42. The van der Waals surface area contributed by atoms with Crippen LogP contribution in [0.5, 0.6) is 5.75 Å². The van der Waals surface area contributed by atoms with E-state index < -0.39 is 0 Å². The fourth-order valence-electron chi connectivity index (χ4n) is 1.45. The van der Waals surface area contributed by atoms with Crippen LogP contribution < -0.4 is 4.74 Å². The molecule has 0 heterocycles. The number of ether oxygens (including phenoxy) is 2. The number of halogens is 1. The zero-order chi connectivity index (χ0) is 10.7. The van der Waals surface area contributed by atoms with E-state index in [0.29, 0.717) is 0 Å². The summed E-state index contributed by atoms with van der Waals surface area (Å²) in [5.41, 5.74) is 0. The lowest BCUT2D eigenvalue weighted by Gasteiger charge is -2.07. The minimum atomic E-state index is 0.286. The molecule has 0 atom stereocenters. The predicted octanol–water partition coefficient (Wildman–Crippen LogP) is 3.43. The van der Waals surface area contributed by atoms with Gasteiger partial charge in [0.15, 0.2) is 6.79 Å². The molecule has 2 aromatic carbocycles. The van der Waals surface area contributed by atoms with E-state index in [1.807, 2.05) is 24.3 Å². The summed E-state index contributed by atoms with van der Waals surface area (Å²) in [7, 11) is 1.62. The minimum absolute atomic E-state index is 0.286. The van der Waals surface area contributed by atoms with Gasteiger partial charge in [-0.1, -0.05) is 24.3 Å². The molecular formula is C12H11IO2. The van der Waals surface area contributed by atoms with E-state index in [9.17, 15) is 0 Å². The minimum Gasteiger partial charge on any atom is -0.468 e. The van der Waals surface area contributed by atoms with Gasteiger partial charge in [-0.05, 0) is 45.5 Å². The molecule has 0 bridgehead atoms. The van der Waals surface area contributed by atoms with Crippen LogP contribution in [0.3, 0.4) is 0 Å². The smallest absolute Gasteiger partial charge is 0.188 e. The first-order chi connectivity index (χ1) is 7.31. The van der Waals surface area contributed by atoms with Gasteiger partial charge < -0.3 is 9.47 Å². The third kappa shape index (κ3) is 2.41. The van der Waals surface area contributed by atoms with Gasteiger partial charge in [0.1, 0.15) is 5.75 Å². The Balaban J connectivity index is 2.43. The average molecular weight is 314 g/mol. The molecule has 2 rings (SSSR count). The molecule has 2 nitrogen and oxygen atoms in total. The Morgan fingerprint density at radius 2 is 2.00 bits per heavy atom. The van der Waals surface area contributed by atoms with Gasteiger partial charge in [-0.3, -0.25) is 0 Å². The molecule has 0 unspecified atom stereocenters. The quantitative estimate of drug-likeness (QED) is 0.638. The van der Waals surface area contributed by atoms with Gasteiger partial charge in [0.25, 0.3) is 0 Å². The second kappa shape index (κ2) is 4.81. The number of methoxy groups -OCH3 is 1. The summed E-state index contributed by atoms with van der Waals surface area (Å²) >= 11 is 2.31. The van der Waals surface area contributed by atoms with Crippen LogP contribution in [-0.2, 0) is 4.74 Å². The predicted molar refractivity (Wildman–Crippen MR) is 69.2 cm³/mol. The molecule has 0 aliphatic rings. The van der Waals surface area contributed by atoms with Crippen molar-refractivity contribution in [3.05, 3.63) is 40.0 Å². The number of hydrogen-bond donors (Lipinski definition) is 0. The number of hydrogen-bond acceptors (Lipinski definition) is 2. The molecular weight excluding hydrogens is 303 g/mol. The van der Waals surface area contributed by atoms with Crippen molar-refractivity contribution < 1.29 is 9.47 Å². The molecule has 0 aliphatic heterocycles. The normalized spacial score (nSPS) is 10.5. The Morgan fingerprint density at radius 3 is 2.80 bits per heavy atom. The number of fused-ring (bicyclic) bond motifs is 1. The van der Waals surface area contributed by atoms with Crippen molar-refractivity contribution in [2.24, 2.45) is 0 Å². The van der Waals surface area contributed by atoms with E-state index in [4.69, 9.17) is 9.47 Å². The van der Waals surface area contributed by atoms with Gasteiger partial charge in [-0.2, -0.15) is 0 Å². The molecule has 0 spiro atoms. The van der Waals surface area contributed by atoms with Gasteiger partial charge in [0.2, 0.25) is 0 Å². The second-order valence-electron chi connectivity index (χ2n) is 3.18. The van der Waals surface area contributed by atoms with Crippen LogP contribution in [-0.4, -0.2) is 13.9 Å². The highest BCUT2D eigenvalue weighted by Crippen LogP contribution is 2.26. The molecule has 0 saturated carbocycles. The SMILES string of the molecule is COCOc1cc(I)c2ccccc2c1. The number of benzene rings is 2. The van der Waals surface area contributed by atoms with Gasteiger partial charge in [0, 0.05) is 10.7 Å². The first kappa shape index (κ1) is 10.7. The number of rotatable bonds is 3. The van der Waals surface area contributed by atoms with E-state index in [1.165, 1.54) is 14.3 Å². The molecule has 0 aromatic heterocycles. The highest BCUT2D eigenvalue weighted by Gasteiger charge is 2.01. The molecule has 2 aromatic rings. The van der Waals surface area contributed by atoms with Crippen LogP contribution in [0, 0.1) is 3.57 Å². The van der Waals surface area contributed by atoms with Crippen LogP contribution in [0.1, 0.15) is 0 Å². The molecule has 3 heteroatoms. The van der Waals surface area contributed by atoms with Crippen LogP contribution in [0.2, 0.25) is 0 Å². The fourth-order valence-corrected chi connectivity index (χ4v) is 2.25. The zero-order valence-electron chi connectivity index (χ0n) is 8.37. The lowest BCUT2D eigenvalue weighted by atomic mass is 10.1. The maximum Gasteiger partial charge on any atom is 0.188 e. The molecule has 0 radical (unpaired) electrons. The Hall–Kier alpha value is -0.810. The van der Waals surface area contributed by atoms with E-state index in [1.54, 1.807) is 7.11 Å². The molecule has 78 valence electrons. The first-order valence-electron chi connectivity index (χ1n) is 4.61. The molecule has 0 amide bonds. The van der Waals surface area contributed by atoms with Crippen molar-refractivity contribution >= 4 is 33.4 Å². The molecule has 0 fully saturated rings. The van der Waals surface area contributed by atoms with Crippen molar-refractivity contribution in [2.75, 3.05) is 13.9 Å². The van der Waals surface area contributed by atoms with Crippen molar-refractivity contribution in [1.29, 1.82) is 0 Å². The monoisotopic (exact) mass is 314 g/mol. The highest BCUT2D eigenvalue weighted by atomic mass is 127. The lowest BCUT2D eigenvalue weighted by molar-refractivity contribution is 0.0512. The molecule has 0 aliphatic carbocycles. The maximum absolute atomic E-state index is 5.42. The fraction of sp³-hybridized carbons (Fsp3) is 0.167. The lowest BCUT2D eigenvalue weighted by Crippen LogP contribution is -1.98. The summed E-state index contributed by atoms with van der Waals surface area (Å²) < 4.78 is 11.5. The van der Waals surface area contributed by atoms with E-state index in [-0.39, 0.29) is 6.79 Å². The summed E-state index contributed by atoms with van der Waals surface area (Å²) in [5, 5.41) is 2.44. The highest BCUT2D eigenvalue weighted by molar-refractivity contribution is 14.1. The first-order valence-corrected chi connectivity index (χ1v) is 5.69. The van der Waals surface area contributed by atoms with Crippen LogP contribution in [0.25, 0.3) is 10.8 Å². The standard InChI is InChI=1S/C12H11IO2/c1-14-8-15-10-6-9-4-2-3-5-11(9)12(13)7-10/h2-7H,8H2,1H3. The van der Waals surface area contributed by atoms with Crippen LogP contribution in [0.4, 0.5) is 0 Å². The largest absolute Gasteiger partial charge is 0.468 e. The third-order valence-electron chi connectivity index (χ3n) is 2.13. The van der Waals surface area contributed by atoms with Crippen molar-refractivity contribution in [1.82, 2.24) is 0 Å². The summed E-state index contributed by atoms with van der Waals surface area (Å²) in [6, 6.07) is 12.3. The molecule has 0 N–H and O–H groups in total. The van der Waals surface area contributed by atoms with E-state index >= 15 is 0 Å². The van der Waals surface area contributed by atoms with Crippen molar-refractivity contribution in [2.45, 2.75) is 0 Å². The van der Waals surface area contributed by atoms with Gasteiger partial charge in [-0.15, -0.1) is 0 Å². The Morgan fingerprint density at radius 1 is 1.20 bits per heavy atom. The van der Waals surface area contributed by atoms with Gasteiger partial charge in [-0.25, -0.2) is 0 Å². The molecule has 15 heavy (non-hydrogen) atoms. The van der Waals surface area contributed by atoms with Crippen LogP contribution >= 0.6 is 22.6 Å².